The van der Waals surface area contributed by atoms with E-state index in [1.165, 1.54) is 11.3 Å². The topological polar surface area (TPSA) is 55.6 Å². The van der Waals surface area contributed by atoms with Crippen LogP contribution >= 0.6 is 11.3 Å². The molecule has 4 aromatic rings. The van der Waals surface area contributed by atoms with E-state index in [1.807, 2.05) is 63.2 Å². The van der Waals surface area contributed by atoms with E-state index in [0.717, 1.165) is 21.5 Å². The number of furan rings is 1. The molecule has 2 heterocycles. The van der Waals surface area contributed by atoms with Crippen LogP contribution in [0.5, 0.6) is 5.75 Å². The SMILES string of the molecule is Cc1cccc2sc(N(Cc3ccco3)C(=O)c3ccc(OC(C)C)cc3)nc12. The predicted octanol–water partition coefficient (Wildman–Crippen LogP) is 5.83. The molecule has 2 aromatic carbocycles. The van der Waals surface area contributed by atoms with Gasteiger partial charge in [-0.05, 0) is 68.8 Å². The summed E-state index contributed by atoms with van der Waals surface area (Å²) in [7, 11) is 0. The number of carbonyl (C=O) groups excluding carboxylic acids is 1. The van der Waals surface area contributed by atoms with Gasteiger partial charge in [0.2, 0.25) is 0 Å². The Kier molecular flexibility index (Phi) is 5.36. The second kappa shape index (κ2) is 8.09. The number of hydrogen-bond donors (Lipinski definition) is 0. The van der Waals surface area contributed by atoms with Gasteiger partial charge in [-0.1, -0.05) is 23.5 Å². The summed E-state index contributed by atoms with van der Waals surface area (Å²) < 4.78 is 12.2. The molecule has 0 radical (unpaired) electrons. The lowest BCUT2D eigenvalue weighted by molar-refractivity contribution is 0.0983. The molecule has 148 valence electrons. The summed E-state index contributed by atoms with van der Waals surface area (Å²) in [4.78, 5) is 19.8. The van der Waals surface area contributed by atoms with Crippen molar-refractivity contribution >= 4 is 32.6 Å². The van der Waals surface area contributed by atoms with Crippen LogP contribution in [0.15, 0.2) is 65.3 Å². The van der Waals surface area contributed by atoms with Crippen LogP contribution in [0.25, 0.3) is 10.2 Å². The van der Waals surface area contributed by atoms with Gasteiger partial charge in [-0.3, -0.25) is 9.69 Å². The van der Waals surface area contributed by atoms with Gasteiger partial charge < -0.3 is 9.15 Å². The van der Waals surface area contributed by atoms with E-state index in [0.29, 0.717) is 23.0 Å². The van der Waals surface area contributed by atoms with Crippen LogP contribution in [0.4, 0.5) is 5.13 Å². The van der Waals surface area contributed by atoms with Crippen LogP contribution in [0, 0.1) is 6.92 Å². The van der Waals surface area contributed by atoms with Crippen molar-refractivity contribution in [1.82, 2.24) is 4.98 Å². The fraction of sp³-hybridized carbons (Fsp3) is 0.217. The van der Waals surface area contributed by atoms with Crippen molar-refractivity contribution in [3.8, 4) is 5.75 Å². The van der Waals surface area contributed by atoms with Gasteiger partial charge in [-0.25, -0.2) is 4.98 Å². The first-order valence-corrected chi connectivity index (χ1v) is 10.3. The minimum Gasteiger partial charge on any atom is -0.491 e. The van der Waals surface area contributed by atoms with E-state index in [-0.39, 0.29) is 12.0 Å². The third-order valence-electron chi connectivity index (χ3n) is 4.45. The Balaban J connectivity index is 1.69. The summed E-state index contributed by atoms with van der Waals surface area (Å²) in [6.07, 6.45) is 1.69. The normalized spacial score (nSPS) is 11.2. The van der Waals surface area contributed by atoms with Gasteiger partial charge in [0.05, 0.1) is 29.1 Å². The second-order valence-electron chi connectivity index (χ2n) is 7.08. The Morgan fingerprint density at radius 2 is 1.93 bits per heavy atom. The molecule has 0 spiro atoms. The highest BCUT2D eigenvalue weighted by atomic mass is 32.1. The maximum atomic E-state index is 13.4. The highest BCUT2D eigenvalue weighted by molar-refractivity contribution is 7.22. The molecule has 0 bridgehead atoms. The second-order valence-corrected chi connectivity index (χ2v) is 8.09. The van der Waals surface area contributed by atoms with Crippen LogP contribution < -0.4 is 9.64 Å². The zero-order valence-electron chi connectivity index (χ0n) is 16.6. The van der Waals surface area contributed by atoms with Crippen LogP contribution in [-0.4, -0.2) is 17.0 Å². The predicted molar refractivity (Wildman–Crippen MR) is 116 cm³/mol. The molecule has 4 rings (SSSR count). The highest BCUT2D eigenvalue weighted by Gasteiger charge is 2.23. The van der Waals surface area contributed by atoms with Crippen LogP contribution in [-0.2, 0) is 6.54 Å². The monoisotopic (exact) mass is 406 g/mol. The van der Waals surface area contributed by atoms with Gasteiger partial charge in [0.25, 0.3) is 5.91 Å². The van der Waals surface area contributed by atoms with Crippen molar-refractivity contribution in [2.75, 3.05) is 4.90 Å². The number of aryl methyl sites for hydroxylation is 1. The molecule has 0 unspecified atom stereocenters. The minimum atomic E-state index is -0.130. The Morgan fingerprint density at radius 1 is 1.14 bits per heavy atom. The number of benzene rings is 2. The van der Waals surface area contributed by atoms with E-state index in [9.17, 15) is 4.79 Å². The number of amides is 1. The van der Waals surface area contributed by atoms with Crippen molar-refractivity contribution in [1.29, 1.82) is 0 Å². The molecule has 0 fully saturated rings. The number of rotatable bonds is 6. The number of nitrogens with zero attached hydrogens (tertiary/aromatic N) is 2. The largest absolute Gasteiger partial charge is 0.491 e. The number of hydrogen-bond acceptors (Lipinski definition) is 5. The van der Waals surface area contributed by atoms with Crippen LogP contribution in [0.3, 0.4) is 0 Å². The number of fused-ring (bicyclic) bond motifs is 1. The van der Waals surface area contributed by atoms with Crippen molar-refractivity contribution < 1.29 is 13.9 Å². The number of anilines is 1. The summed E-state index contributed by atoms with van der Waals surface area (Å²) in [5.41, 5.74) is 2.58. The number of ether oxygens (including phenoxy) is 1. The molecule has 6 heteroatoms. The number of carbonyl (C=O) groups is 1. The molecule has 2 aromatic heterocycles. The molecule has 1 amide bonds. The van der Waals surface area contributed by atoms with E-state index in [4.69, 9.17) is 14.1 Å². The fourth-order valence-corrected chi connectivity index (χ4v) is 4.12. The molecule has 0 atom stereocenters. The summed E-state index contributed by atoms with van der Waals surface area (Å²) in [5.74, 6) is 1.31. The summed E-state index contributed by atoms with van der Waals surface area (Å²) in [6, 6.07) is 16.9. The van der Waals surface area contributed by atoms with Gasteiger partial charge in [0, 0.05) is 5.56 Å². The van der Waals surface area contributed by atoms with Crippen LogP contribution in [0.2, 0.25) is 0 Å². The quantitative estimate of drug-likeness (QED) is 0.404. The first-order valence-electron chi connectivity index (χ1n) is 9.48. The minimum absolute atomic E-state index is 0.0815. The lowest BCUT2D eigenvalue weighted by atomic mass is 10.2. The van der Waals surface area contributed by atoms with E-state index in [1.54, 1.807) is 23.3 Å². The van der Waals surface area contributed by atoms with Gasteiger partial charge in [-0.2, -0.15) is 0 Å². The Bertz CT molecular complexity index is 1110. The third kappa shape index (κ3) is 4.17. The molecule has 0 saturated carbocycles. The molecule has 0 saturated heterocycles. The lowest BCUT2D eigenvalue weighted by Crippen LogP contribution is -2.30. The Hall–Kier alpha value is -3.12. The third-order valence-corrected chi connectivity index (χ3v) is 5.50. The van der Waals surface area contributed by atoms with Gasteiger partial charge in [-0.15, -0.1) is 0 Å². The van der Waals surface area contributed by atoms with Crippen molar-refractivity contribution in [3.05, 3.63) is 77.7 Å². The Morgan fingerprint density at radius 3 is 2.59 bits per heavy atom. The zero-order valence-corrected chi connectivity index (χ0v) is 17.4. The average molecular weight is 407 g/mol. The molecule has 0 aliphatic heterocycles. The van der Waals surface area contributed by atoms with Crippen molar-refractivity contribution in [2.24, 2.45) is 0 Å². The number of thiazole rings is 1. The lowest BCUT2D eigenvalue weighted by Gasteiger charge is -2.19. The van der Waals surface area contributed by atoms with E-state index >= 15 is 0 Å². The van der Waals surface area contributed by atoms with Gasteiger partial charge >= 0.3 is 0 Å². The Labute approximate surface area is 173 Å². The number of para-hydroxylation sites is 1. The zero-order chi connectivity index (χ0) is 20.4. The highest BCUT2D eigenvalue weighted by Crippen LogP contribution is 2.32. The first-order chi connectivity index (χ1) is 14.0. The number of aromatic nitrogens is 1. The summed E-state index contributed by atoms with van der Waals surface area (Å²) in [6.45, 7) is 6.28. The van der Waals surface area contributed by atoms with Gasteiger partial charge in [0.15, 0.2) is 5.13 Å². The van der Waals surface area contributed by atoms with Crippen LogP contribution in [0.1, 0.15) is 35.5 Å². The van der Waals surface area contributed by atoms with E-state index < -0.39 is 0 Å². The molecule has 0 aliphatic rings. The molecular formula is C23H22N2O3S. The maximum Gasteiger partial charge on any atom is 0.260 e. The van der Waals surface area contributed by atoms with Crippen molar-refractivity contribution in [3.63, 3.8) is 0 Å². The van der Waals surface area contributed by atoms with Crippen molar-refractivity contribution in [2.45, 2.75) is 33.4 Å². The molecular weight excluding hydrogens is 384 g/mol. The molecule has 5 nitrogen and oxygen atoms in total. The maximum absolute atomic E-state index is 13.4. The van der Waals surface area contributed by atoms with E-state index in [2.05, 4.69) is 0 Å². The molecule has 0 N–H and O–H groups in total. The average Bonchev–Trinajstić information content (AvgIpc) is 3.36. The standard InChI is InChI=1S/C23H22N2O3S/c1-15(2)28-18-11-9-17(10-12-18)22(26)25(14-19-7-5-13-27-19)23-24-21-16(3)6-4-8-20(21)29-23/h4-13,15H,14H2,1-3H3. The fourth-order valence-electron chi connectivity index (χ4n) is 3.08. The summed E-state index contributed by atoms with van der Waals surface area (Å²) in [5, 5.41) is 0.651. The first kappa shape index (κ1) is 19.2. The molecule has 0 aliphatic carbocycles. The smallest absolute Gasteiger partial charge is 0.260 e. The molecule has 29 heavy (non-hydrogen) atoms. The van der Waals surface area contributed by atoms with Gasteiger partial charge in [0.1, 0.15) is 11.5 Å². The summed E-state index contributed by atoms with van der Waals surface area (Å²) >= 11 is 1.50.